The Kier molecular flexibility index (Phi) is 1.22. The van der Waals surface area contributed by atoms with Gasteiger partial charge in [-0.2, -0.15) is 0 Å². The van der Waals surface area contributed by atoms with Gasteiger partial charge in [0.05, 0.1) is 11.1 Å². The fourth-order valence-electron chi connectivity index (χ4n) is 1.07. The van der Waals surface area contributed by atoms with Crippen molar-refractivity contribution < 1.29 is 14.8 Å². The molecule has 0 unspecified atom stereocenters. The molecule has 0 aromatic carbocycles. The van der Waals surface area contributed by atoms with Crippen molar-refractivity contribution in [3.63, 3.8) is 0 Å². The number of amides is 2. The topological polar surface area (TPSA) is 70.5 Å². The SMILES string of the molecule is O=C1c2ccncc2C(=O)N1O. The van der Waals surface area contributed by atoms with Crippen LogP contribution in [0.2, 0.25) is 0 Å². The van der Waals surface area contributed by atoms with Gasteiger partial charge in [0.15, 0.2) is 0 Å². The van der Waals surface area contributed by atoms with Crippen molar-refractivity contribution in [2.75, 3.05) is 0 Å². The second kappa shape index (κ2) is 2.12. The molecule has 0 aliphatic carbocycles. The van der Waals surface area contributed by atoms with Crippen molar-refractivity contribution in [2.45, 2.75) is 0 Å². The molecule has 0 fully saturated rings. The summed E-state index contributed by atoms with van der Waals surface area (Å²) in [5, 5.41) is 8.98. The Hall–Kier alpha value is -1.75. The van der Waals surface area contributed by atoms with Crippen molar-refractivity contribution >= 4 is 11.8 Å². The first-order valence-electron chi connectivity index (χ1n) is 3.23. The van der Waals surface area contributed by atoms with E-state index in [1.165, 1.54) is 18.5 Å². The smallest absolute Gasteiger partial charge is 0.278 e. The Bertz CT molecular complexity index is 340. The first-order chi connectivity index (χ1) is 5.72. The molecule has 0 atom stereocenters. The molecule has 2 rings (SSSR count). The van der Waals surface area contributed by atoms with Crippen LogP contribution in [0.1, 0.15) is 20.7 Å². The second-order valence-corrected chi connectivity index (χ2v) is 2.34. The molecule has 0 saturated carbocycles. The Balaban J connectivity index is 2.67. The number of hydrogen-bond acceptors (Lipinski definition) is 4. The zero-order valence-corrected chi connectivity index (χ0v) is 5.89. The van der Waals surface area contributed by atoms with E-state index in [0.29, 0.717) is 0 Å². The molecule has 0 spiro atoms. The molecule has 1 N–H and O–H groups in total. The van der Waals surface area contributed by atoms with E-state index in [2.05, 4.69) is 4.98 Å². The van der Waals surface area contributed by atoms with Gasteiger partial charge in [-0.3, -0.25) is 19.8 Å². The minimum absolute atomic E-state index is 0.0896. The van der Waals surface area contributed by atoms with E-state index in [1.807, 2.05) is 0 Å². The number of pyridine rings is 1. The summed E-state index contributed by atoms with van der Waals surface area (Å²) in [6.45, 7) is 0. The Morgan fingerprint density at radius 2 is 1.92 bits per heavy atom. The van der Waals surface area contributed by atoms with Crippen molar-refractivity contribution in [3.05, 3.63) is 29.6 Å². The highest BCUT2D eigenvalue weighted by Crippen LogP contribution is 2.18. The number of aromatic nitrogens is 1. The summed E-state index contributed by atoms with van der Waals surface area (Å²) in [6.07, 6.45) is 2.65. The fourth-order valence-corrected chi connectivity index (χ4v) is 1.07. The average molecular weight is 164 g/mol. The summed E-state index contributed by atoms with van der Waals surface area (Å²) in [5.74, 6) is -1.42. The minimum Gasteiger partial charge on any atom is -0.278 e. The van der Waals surface area contributed by atoms with Crippen molar-refractivity contribution in [1.29, 1.82) is 0 Å². The molecule has 0 bridgehead atoms. The fraction of sp³-hybridized carbons (Fsp3) is 0. The number of carbonyl (C=O) groups is 2. The second-order valence-electron chi connectivity index (χ2n) is 2.34. The van der Waals surface area contributed by atoms with Gasteiger partial charge in [-0.1, -0.05) is 0 Å². The van der Waals surface area contributed by atoms with Crippen LogP contribution < -0.4 is 0 Å². The molecule has 5 nitrogen and oxygen atoms in total. The average Bonchev–Trinajstić information content (AvgIpc) is 2.33. The highest BCUT2D eigenvalue weighted by molar-refractivity contribution is 6.20. The summed E-state index contributed by atoms with van der Waals surface area (Å²) in [4.78, 5) is 25.7. The van der Waals surface area contributed by atoms with Gasteiger partial charge in [-0.15, -0.1) is 5.06 Å². The van der Waals surface area contributed by atoms with Crippen LogP contribution in [-0.2, 0) is 0 Å². The predicted molar refractivity (Wildman–Crippen MR) is 36.5 cm³/mol. The van der Waals surface area contributed by atoms with E-state index >= 15 is 0 Å². The van der Waals surface area contributed by atoms with E-state index in [1.54, 1.807) is 0 Å². The largest absolute Gasteiger partial charge is 0.287 e. The molecule has 1 aromatic heterocycles. The van der Waals surface area contributed by atoms with Crippen LogP contribution in [0.4, 0.5) is 0 Å². The number of nitrogens with zero attached hydrogens (tertiary/aromatic N) is 2. The van der Waals surface area contributed by atoms with E-state index in [4.69, 9.17) is 5.21 Å². The molecular formula is C7H4N2O3. The summed E-state index contributed by atoms with van der Waals surface area (Å²) in [5.41, 5.74) is 0.336. The standard InChI is InChI=1S/C7H4N2O3/c10-6-4-1-2-8-3-5(4)7(11)9(6)12/h1-3,12H. The number of imide groups is 1. The van der Waals surface area contributed by atoms with Crippen LogP contribution in [-0.4, -0.2) is 27.1 Å². The molecular weight excluding hydrogens is 160 g/mol. The lowest BCUT2D eigenvalue weighted by Crippen LogP contribution is -2.25. The van der Waals surface area contributed by atoms with Crippen molar-refractivity contribution in [3.8, 4) is 0 Å². The van der Waals surface area contributed by atoms with Gasteiger partial charge in [-0.25, -0.2) is 0 Å². The first-order valence-corrected chi connectivity index (χ1v) is 3.23. The van der Waals surface area contributed by atoms with Crippen molar-refractivity contribution in [2.24, 2.45) is 0 Å². The molecule has 5 heteroatoms. The summed E-state index contributed by atoms with van der Waals surface area (Å²) in [6, 6.07) is 1.39. The van der Waals surface area contributed by atoms with Gasteiger partial charge in [0.1, 0.15) is 0 Å². The molecule has 2 heterocycles. The third kappa shape index (κ3) is 0.680. The van der Waals surface area contributed by atoms with Gasteiger partial charge >= 0.3 is 0 Å². The van der Waals surface area contributed by atoms with Crippen LogP contribution in [0, 0.1) is 0 Å². The molecule has 12 heavy (non-hydrogen) atoms. The van der Waals surface area contributed by atoms with E-state index in [0.717, 1.165) is 0 Å². The minimum atomic E-state index is -0.719. The lowest BCUT2D eigenvalue weighted by atomic mass is 10.2. The highest BCUT2D eigenvalue weighted by Gasteiger charge is 2.34. The van der Waals surface area contributed by atoms with E-state index in [9.17, 15) is 9.59 Å². The van der Waals surface area contributed by atoms with Gasteiger partial charge < -0.3 is 0 Å². The van der Waals surface area contributed by atoms with Gasteiger partial charge in [0, 0.05) is 12.4 Å². The third-order valence-corrected chi connectivity index (χ3v) is 1.67. The van der Waals surface area contributed by atoms with Gasteiger partial charge in [0.25, 0.3) is 11.8 Å². The Morgan fingerprint density at radius 1 is 1.25 bits per heavy atom. The molecule has 1 aliphatic rings. The number of rotatable bonds is 0. The number of hydrogen-bond donors (Lipinski definition) is 1. The van der Waals surface area contributed by atoms with Crippen LogP contribution in [0.3, 0.4) is 0 Å². The normalized spacial score (nSPS) is 15.2. The van der Waals surface area contributed by atoms with Crippen LogP contribution in [0.25, 0.3) is 0 Å². The Labute approximate surface area is 67.2 Å². The van der Waals surface area contributed by atoms with Crippen LogP contribution >= 0.6 is 0 Å². The maximum Gasteiger partial charge on any atom is 0.287 e. The van der Waals surface area contributed by atoms with E-state index < -0.39 is 11.8 Å². The third-order valence-electron chi connectivity index (χ3n) is 1.67. The molecule has 60 valence electrons. The lowest BCUT2D eigenvalue weighted by Gasteiger charge is -1.99. The Morgan fingerprint density at radius 3 is 2.58 bits per heavy atom. The molecule has 0 radical (unpaired) electrons. The van der Waals surface area contributed by atoms with Crippen molar-refractivity contribution in [1.82, 2.24) is 10.0 Å². The van der Waals surface area contributed by atoms with Crippen LogP contribution in [0.5, 0.6) is 0 Å². The summed E-state index contributed by atoms with van der Waals surface area (Å²) >= 11 is 0. The molecule has 1 aromatic rings. The molecule has 0 saturated heterocycles. The summed E-state index contributed by atoms with van der Waals surface area (Å²) < 4.78 is 0. The first kappa shape index (κ1) is 6.93. The van der Waals surface area contributed by atoms with Gasteiger partial charge in [0.2, 0.25) is 0 Å². The zero-order chi connectivity index (χ0) is 8.72. The summed E-state index contributed by atoms with van der Waals surface area (Å²) in [7, 11) is 0. The quantitative estimate of drug-likeness (QED) is 0.435. The predicted octanol–water partition coefficient (Wildman–Crippen LogP) is 0.0668. The monoisotopic (exact) mass is 164 g/mol. The number of fused-ring (bicyclic) bond motifs is 1. The maximum absolute atomic E-state index is 11.0. The number of hydroxylamine groups is 2. The molecule has 1 aliphatic heterocycles. The highest BCUT2D eigenvalue weighted by atomic mass is 16.5. The number of carbonyl (C=O) groups excluding carboxylic acids is 2. The van der Waals surface area contributed by atoms with Crippen LogP contribution in [0.15, 0.2) is 18.5 Å². The lowest BCUT2D eigenvalue weighted by molar-refractivity contribution is -0.0327. The van der Waals surface area contributed by atoms with Gasteiger partial charge in [-0.05, 0) is 6.07 Å². The maximum atomic E-state index is 11.0. The zero-order valence-electron chi connectivity index (χ0n) is 5.89. The molecule has 2 amide bonds. The van der Waals surface area contributed by atoms with E-state index in [-0.39, 0.29) is 16.2 Å².